The molecule has 1 aliphatic rings. The first-order valence-corrected chi connectivity index (χ1v) is 11.8. The number of aryl methyl sites for hydroxylation is 1. The van der Waals surface area contributed by atoms with Gasteiger partial charge in [-0.05, 0) is 68.0 Å². The molecule has 0 saturated carbocycles. The summed E-state index contributed by atoms with van der Waals surface area (Å²) in [6, 6.07) is 11.8. The Morgan fingerprint density at radius 1 is 1.10 bits per heavy atom. The van der Waals surface area contributed by atoms with Crippen molar-refractivity contribution in [3.63, 3.8) is 0 Å². The number of carbonyl (C=O) groups is 2. The molecule has 0 radical (unpaired) electrons. The second-order valence-corrected chi connectivity index (χ2v) is 9.90. The smallest absolute Gasteiger partial charge is 0.338 e. The highest BCUT2D eigenvalue weighted by Crippen LogP contribution is 2.28. The van der Waals surface area contributed by atoms with E-state index in [0.717, 1.165) is 12.8 Å². The van der Waals surface area contributed by atoms with Gasteiger partial charge in [0.1, 0.15) is 0 Å². The number of hydrogen-bond acceptors (Lipinski definition) is 5. The number of piperidine rings is 1. The standard InChI is InChI=1S/C23H28N2O5S/c1-16-9-11-25(12-10-16)31(28,29)21-14-19(13-17(2)18(21)3)23(27)30-15-22(26)24-20-7-5-4-6-8-20/h4-8,13-14,16H,9-12,15H2,1-3H3,(H,24,26). The van der Waals surface area contributed by atoms with Crippen molar-refractivity contribution in [2.45, 2.75) is 38.5 Å². The van der Waals surface area contributed by atoms with E-state index in [1.807, 2.05) is 6.07 Å². The average Bonchev–Trinajstić information content (AvgIpc) is 2.74. The third-order valence-corrected chi connectivity index (χ3v) is 7.63. The fraction of sp³-hybridized carbons (Fsp3) is 0.391. The van der Waals surface area contributed by atoms with Crippen molar-refractivity contribution in [2.24, 2.45) is 5.92 Å². The Morgan fingerprint density at radius 2 is 1.74 bits per heavy atom. The highest BCUT2D eigenvalue weighted by Gasteiger charge is 2.30. The lowest BCUT2D eigenvalue weighted by molar-refractivity contribution is -0.119. The maximum Gasteiger partial charge on any atom is 0.338 e. The number of anilines is 1. The zero-order valence-electron chi connectivity index (χ0n) is 18.1. The van der Waals surface area contributed by atoms with Crippen LogP contribution in [0.25, 0.3) is 0 Å². The fourth-order valence-electron chi connectivity index (χ4n) is 3.51. The molecule has 1 N–H and O–H groups in total. The zero-order chi connectivity index (χ0) is 22.6. The van der Waals surface area contributed by atoms with Crippen molar-refractivity contribution in [1.29, 1.82) is 0 Å². The molecule has 3 rings (SSSR count). The van der Waals surface area contributed by atoms with Crippen molar-refractivity contribution in [3.8, 4) is 0 Å². The summed E-state index contributed by atoms with van der Waals surface area (Å²) in [4.78, 5) is 24.7. The van der Waals surface area contributed by atoms with Gasteiger partial charge in [0.25, 0.3) is 5.91 Å². The Morgan fingerprint density at radius 3 is 2.39 bits per heavy atom. The average molecular weight is 445 g/mol. The number of hydrogen-bond donors (Lipinski definition) is 1. The molecule has 1 heterocycles. The second-order valence-electron chi connectivity index (χ2n) is 7.99. The van der Waals surface area contributed by atoms with E-state index in [-0.39, 0.29) is 10.5 Å². The predicted molar refractivity (Wildman–Crippen MR) is 118 cm³/mol. The van der Waals surface area contributed by atoms with Crippen LogP contribution < -0.4 is 5.32 Å². The highest BCUT2D eigenvalue weighted by atomic mass is 32.2. The molecule has 1 saturated heterocycles. The van der Waals surface area contributed by atoms with Gasteiger partial charge in [-0.25, -0.2) is 13.2 Å². The van der Waals surface area contributed by atoms with Gasteiger partial charge in [0.2, 0.25) is 10.0 Å². The molecule has 2 aromatic rings. The molecular weight excluding hydrogens is 416 g/mol. The SMILES string of the molecule is Cc1cc(C(=O)OCC(=O)Nc2ccccc2)cc(S(=O)(=O)N2CCC(C)CC2)c1C. The van der Waals surface area contributed by atoms with Crippen LogP contribution in [0.15, 0.2) is 47.4 Å². The summed E-state index contributed by atoms with van der Waals surface area (Å²) >= 11 is 0. The van der Waals surface area contributed by atoms with E-state index < -0.39 is 28.5 Å². The molecule has 0 bridgehead atoms. The fourth-order valence-corrected chi connectivity index (χ4v) is 5.30. The summed E-state index contributed by atoms with van der Waals surface area (Å²) in [6.07, 6.45) is 1.63. The molecule has 31 heavy (non-hydrogen) atoms. The molecule has 0 spiro atoms. The van der Waals surface area contributed by atoms with E-state index in [1.54, 1.807) is 44.2 Å². The minimum Gasteiger partial charge on any atom is -0.452 e. The van der Waals surface area contributed by atoms with Gasteiger partial charge < -0.3 is 10.1 Å². The number of benzene rings is 2. The topological polar surface area (TPSA) is 92.8 Å². The third kappa shape index (κ3) is 5.51. The predicted octanol–water partition coefficient (Wildman–Crippen LogP) is 3.52. The molecule has 7 nitrogen and oxygen atoms in total. The van der Waals surface area contributed by atoms with E-state index in [9.17, 15) is 18.0 Å². The van der Waals surface area contributed by atoms with Crippen molar-refractivity contribution >= 4 is 27.6 Å². The second kappa shape index (κ2) is 9.62. The molecule has 2 aromatic carbocycles. The molecule has 1 aliphatic heterocycles. The molecule has 8 heteroatoms. The summed E-state index contributed by atoms with van der Waals surface area (Å²) in [6.45, 7) is 6.08. The van der Waals surface area contributed by atoms with Gasteiger partial charge in [0, 0.05) is 18.8 Å². The summed E-state index contributed by atoms with van der Waals surface area (Å²) < 4.78 is 33.0. The first kappa shape index (κ1) is 23.0. The molecule has 0 atom stereocenters. The molecule has 1 fully saturated rings. The van der Waals surface area contributed by atoms with Gasteiger partial charge in [0.15, 0.2) is 6.61 Å². The molecule has 0 unspecified atom stereocenters. The van der Waals surface area contributed by atoms with E-state index in [1.165, 1.54) is 10.4 Å². The quantitative estimate of drug-likeness (QED) is 0.688. The van der Waals surface area contributed by atoms with Crippen LogP contribution in [0.3, 0.4) is 0 Å². The highest BCUT2D eigenvalue weighted by molar-refractivity contribution is 7.89. The Kier molecular flexibility index (Phi) is 7.12. The van der Waals surface area contributed by atoms with Crippen molar-refractivity contribution in [1.82, 2.24) is 4.31 Å². The molecular formula is C23H28N2O5S. The van der Waals surface area contributed by atoms with Gasteiger partial charge >= 0.3 is 5.97 Å². The van der Waals surface area contributed by atoms with Crippen LogP contribution in [0.5, 0.6) is 0 Å². The number of sulfonamides is 1. The molecule has 0 aliphatic carbocycles. The Balaban J connectivity index is 1.74. The monoisotopic (exact) mass is 444 g/mol. The van der Waals surface area contributed by atoms with Crippen LogP contribution in [0.2, 0.25) is 0 Å². The summed E-state index contributed by atoms with van der Waals surface area (Å²) in [5.41, 5.74) is 1.99. The maximum atomic E-state index is 13.2. The van der Waals surface area contributed by atoms with Crippen LogP contribution in [-0.4, -0.2) is 44.3 Å². The number of para-hydroxylation sites is 1. The van der Waals surface area contributed by atoms with Crippen LogP contribution in [0, 0.1) is 19.8 Å². The van der Waals surface area contributed by atoms with Crippen LogP contribution in [0.4, 0.5) is 5.69 Å². The van der Waals surface area contributed by atoms with E-state index in [4.69, 9.17) is 4.74 Å². The lowest BCUT2D eigenvalue weighted by Gasteiger charge is -2.30. The largest absolute Gasteiger partial charge is 0.452 e. The number of amides is 1. The van der Waals surface area contributed by atoms with Crippen molar-refractivity contribution < 1.29 is 22.7 Å². The normalized spacial score (nSPS) is 15.5. The van der Waals surface area contributed by atoms with E-state index in [0.29, 0.717) is 35.8 Å². The summed E-state index contributed by atoms with van der Waals surface area (Å²) in [5, 5.41) is 2.63. The summed E-state index contributed by atoms with van der Waals surface area (Å²) in [5.74, 6) is -0.716. The lowest BCUT2D eigenvalue weighted by Crippen LogP contribution is -2.38. The minimum absolute atomic E-state index is 0.111. The lowest BCUT2D eigenvalue weighted by atomic mass is 10.0. The molecule has 1 amide bonds. The zero-order valence-corrected chi connectivity index (χ0v) is 18.9. The first-order valence-electron chi connectivity index (χ1n) is 10.3. The van der Waals surface area contributed by atoms with Crippen molar-refractivity contribution in [3.05, 3.63) is 59.2 Å². The number of ether oxygens (including phenoxy) is 1. The van der Waals surface area contributed by atoms with E-state index >= 15 is 0 Å². The van der Waals surface area contributed by atoms with Gasteiger partial charge in [0.05, 0.1) is 10.5 Å². The van der Waals surface area contributed by atoms with Gasteiger partial charge in [-0.2, -0.15) is 4.31 Å². The molecule has 166 valence electrons. The Labute approximate surface area is 183 Å². The van der Waals surface area contributed by atoms with Crippen LogP contribution in [-0.2, 0) is 19.6 Å². The number of nitrogens with one attached hydrogen (secondary N) is 1. The maximum absolute atomic E-state index is 13.2. The Bertz CT molecular complexity index is 1060. The number of nitrogens with zero attached hydrogens (tertiary/aromatic N) is 1. The first-order chi connectivity index (χ1) is 14.7. The van der Waals surface area contributed by atoms with Crippen molar-refractivity contribution in [2.75, 3.05) is 25.0 Å². The minimum atomic E-state index is -3.72. The van der Waals surface area contributed by atoms with Crippen LogP contribution >= 0.6 is 0 Å². The number of rotatable bonds is 6. The third-order valence-electron chi connectivity index (χ3n) is 5.61. The van der Waals surface area contributed by atoms with E-state index in [2.05, 4.69) is 12.2 Å². The number of carbonyl (C=O) groups excluding carboxylic acids is 2. The summed E-state index contributed by atoms with van der Waals surface area (Å²) in [7, 11) is -3.72. The van der Waals surface area contributed by atoms with Crippen LogP contribution in [0.1, 0.15) is 41.3 Å². The number of esters is 1. The molecule has 0 aromatic heterocycles. The van der Waals surface area contributed by atoms with Gasteiger partial charge in [-0.15, -0.1) is 0 Å². The Hall–Kier alpha value is -2.71. The van der Waals surface area contributed by atoms with Gasteiger partial charge in [-0.1, -0.05) is 25.1 Å². The van der Waals surface area contributed by atoms with Gasteiger partial charge in [-0.3, -0.25) is 4.79 Å².